The van der Waals surface area contributed by atoms with E-state index in [-0.39, 0.29) is 5.91 Å². The first kappa shape index (κ1) is 21.1. The van der Waals surface area contributed by atoms with Crippen LogP contribution >= 0.6 is 0 Å². The average molecular weight is 386 g/mol. The van der Waals surface area contributed by atoms with Gasteiger partial charge in [-0.15, -0.1) is 0 Å². The smallest absolute Gasteiger partial charge is 0.248 e. The van der Waals surface area contributed by atoms with Crippen molar-refractivity contribution in [2.75, 3.05) is 27.9 Å². The Kier molecular flexibility index (Phi) is 7.68. The summed E-state index contributed by atoms with van der Waals surface area (Å²) in [6.45, 7) is 0.476. The monoisotopic (exact) mass is 386 g/mol. The summed E-state index contributed by atoms with van der Waals surface area (Å²) in [6, 6.07) is 10.7. The van der Waals surface area contributed by atoms with Gasteiger partial charge in [-0.1, -0.05) is 18.2 Å². The number of benzene rings is 2. The fraction of sp³-hybridized carbons (Fsp3) is 0.333. The van der Waals surface area contributed by atoms with Crippen LogP contribution in [0.4, 0.5) is 0 Å². The molecule has 0 fully saturated rings. The van der Waals surface area contributed by atoms with Gasteiger partial charge in [-0.05, 0) is 42.2 Å². The zero-order valence-corrected chi connectivity index (χ0v) is 16.4. The number of rotatable bonds is 10. The SMILES string of the molecule is COc1ccc(CCC(=O)NCCc2cccc(C(N)=O)c2)c(OC)c1OC. The molecule has 2 rings (SSSR count). The first-order valence-corrected chi connectivity index (χ1v) is 8.93. The van der Waals surface area contributed by atoms with Gasteiger partial charge in [-0.2, -0.15) is 0 Å². The van der Waals surface area contributed by atoms with Gasteiger partial charge < -0.3 is 25.3 Å². The van der Waals surface area contributed by atoms with Crippen molar-refractivity contribution in [3.05, 3.63) is 53.1 Å². The highest BCUT2D eigenvalue weighted by atomic mass is 16.5. The number of aryl methyl sites for hydroxylation is 1. The standard InChI is InChI=1S/C21H26N2O5/c1-26-17-9-7-15(19(27-2)20(17)28-3)8-10-18(24)23-12-11-14-5-4-6-16(13-14)21(22)25/h4-7,9,13H,8,10-12H2,1-3H3,(H2,22,25)(H,23,24). The Morgan fingerprint density at radius 1 is 0.964 bits per heavy atom. The minimum absolute atomic E-state index is 0.0668. The summed E-state index contributed by atoms with van der Waals surface area (Å²) in [5.41, 5.74) is 7.55. The molecule has 2 aromatic rings. The molecule has 0 atom stereocenters. The van der Waals surface area contributed by atoms with Crippen LogP contribution in [0.3, 0.4) is 0 Å². The van der Waals surface area contributed by atoms with E-state index in [1.54, 1.807) is 45.6 Å². The molecule has 7 heteroatoms. The van der Waals surface area contributed by atoms with E-state index in [1.165, 1.54) is 0 Å². The molecule has 0 saturated heterocycles. The molecule has 0 radical (unpaired) electrons. The third-order valence-electron chi connectivity index (χ3n) is 4.35. The number of hydrogen-bond donors (Lipinski definition) is 2. The number of hydrogen-bond acceptors (Lipinski definition) is 5. The lowest BCUT2D eigenvalue weighted by Gasteiger charge is -2.15. The normalized spacial score (nSPS) is 10.2. The lowest BCUT2D eigenvalue weighted by atomic mass is 10.1. The number of amides is 2. The van der Waals surface area contributed by atoms with Gasteiger partial charge in [0.05, 0.1) is 21.3 Å². The molecule has 0 aliphatic carbocycles. The molecule has 0 aromatic heterocycles. The Balaban J connectivity index is 1.89. The summed E-state index contributed by atoms with van der Waals surface area (Å²) < 4.78 is 16.1. The number of primary amides is 1. The van der Waals surface area contributed by atoms with E-state index in [2.05, 4.69) is 5.32 Å². The number of nitrogens with one attached hydrogen (secondary N) is 1. The molecule has 0 unspecified atom stereocenters. The highest BCUT2D eigenvalue weighted by molar-refractivity contribution is 5.92. The quantitative estimate of drug-likeness (QED) is 0.651. The van der Waals surface area contributed by atoms with Crippen molar-refractivity contribution in [1.82, 2.24) is 5.32 Å². The first-order chi connectivity index (χ1) is 13.5. The van der Waals surface area contributed by atoms with Gasteiger partial charge in [0.1, 0.15) is 0 Å². The molecular formula is C21H26N2O5. The van der Waals surface area contributed by atoms with Gasteiger partial charge in [0.25, 0.3) is 0 Å². The van der Waals surface area contributed by atoms with E-state index in [0.29, 0.717) is 48.6 Å². The van der Waals surface area contributed by atoms with Crippen molar-refractivity contribution >= 4 is 11.8 Å². The van der Waals surface area contributed by atoms with Gasteiger partial charge in [0.2, 0.25) is 17.6 Å². The number of nitrogens with two attached hydrogens (primary N) is 1. The van der Waals surface area contributed by atoms with Crippen LogP contribution in [0.25, 0.3) is 0 Å². The molecule has 0 spiro atoms. The molecule has 28 heavy (non-hydrogen) atoms. The van der Waals surface area contributed by atoms with E-state index in [0.717, 1.165) is 11.1 Å². The zero-order valence-electron chi connectivity index (χ0n) is 16.4. The second-order valence-electron chi connectivity index (χ2n) is 6.16. The molecule has 0 aliphatic rings. The van der Waals surface area contributed by atoms with E-state index in [9.17, 15) is 9.59 Å². The lowest BCUT2D eigenvalue weighted by molar-refractivity contribution is -0.121. The minimum atomic E-state index is -0.463. The van der Waals surface area contributed by atoms with Gasteiger partial charge in [-0.25, -0.2) is 0 Å². The molecule has 3 N–H and O–H groups in total. The Morgan fingerprint density at radius 2 is 1.71 bits per heavy atom. The van der Waals surface area contributed by atoms with Crippen LogP contribution in [-0.2, 0) is 17.6 Å². The van der Waals surface area contributed by atoms with Crippen LogP contribution < -0.4 is 25.3 Å². The Bertz CT molecular complexity index is 836. The third-order valence-corrected chi connectivity index (χ3v) is 4.35. The molecule has 0 aliphatic heterocycles. The van der Waals surface area contributed by atoms with Crippen LogP contribution in [0.5, 0.6) is 17.2 Å². The maximum Gasteiger partial charge on any atom is 0.248 e. The predicted octanol–water partition coefficient (Wildman–Crippen LogP) is 2.10. The van der Waals surface area contributed by atoms with E-state index < -0.39 is 5.91 Å². The third kappa shape index (κ3) is 5.39. The van der Waals surface area contributed by atoms with Crippen molar-refractivity contribution in [2.24, 2.45) is 5.73 Å². The summed E-state index contributed by atoms with van der Waals surface area (Å²) in [5.74, 6) is 1.12. The second kappa shape index (κ2) is 10.2. The molecule has 0 saturated carbocycles. The molecule has 7 nitrogen and oxygen atoms in total. The number of carbonyl (C=O) groups is 2. The second-order valence-corrected chi connectivity index (χ2v) is 6.16. The number of carbonyl (C=O) groups excluding carboxylic acids is 2. The average Bonchev–Trinajstić information content (AvgIpc) is 2.71. The predicted molar refractivity (Wildman–Crippen MR) is 106 cm³/mol. The summed E-state index contributed by atoms with van der Waals surface area (Å²) in [6.07, 6.45) is 1.44. The summed E-state index contributed by atoms with van der Waals surface area (Å²) >= 11 is 0. The van der Waals surface area contributed by atoms with Crippen molar-refractivity contribution in [3.8, 4) is 17.2 Å². The zero-order chi connectivity index (χ0) is 20.5. The highest BCUT2D eigenvalue weighted by Crippen LogP contribution is 2.40. The van der Waals surface area contributed by atoms with Gasteiger partial charge in [0, 0.05) is 18.5 Å². The molecular weight excluding hydrogens is 360 g/mol. The van der Waals surface area contributed by atoms with Crippen molar-refractivity contribution in [3.63, 3.8) is 0 Å². The maximum absolute atomic E-state index is 12.2. The number of ether oxygens (including phenoxy) is 3. The van der Waals surface area contributed by atoms with Crippen molar-refractivity contribution in [1.29, 1.82) is 0 Å². The van der Waals surface area contributed by atoms with Gasteiger partial charge in [0.15, 0.2) is 11.5 Å². The van der Waals surface area contributed by atoms with Crippen LogP contribution in [0.15, 0.2) is 36.4 Å². The van der Waals surface area contributed by atoms with Crippen LogP contribution in [0.1, 0.15) is 27.9 Å². The number of methoxy groups -OCH3 is 3. The van der Waals surface area contributed by atoms with E-state index in [1.807, 2.05) is 12.1 Å². The molecule has 0 heterocycles. The topological polar surface area (TPSA) is 99.9 Å². The van der Waals surface area contributed by atoms with Gasteiger partial charge >= 0.3 is 0 Å². The molecule has 2 amide bonds. The summed E-state index contributed by atoms with van der Waals surface area (Å²) in [5, 5.41) is 2.89. The largest absolute Gasteiger partial charge is 0.493 e. The van der Waals surface area contributed by atoms with E-state index in [4.69, 9.17) is 19.9 Å². The molecule has 150 valence electrons. The minimum Gasteiger partial charge on any atom is -0.493 e. The fourth-order valence-corrected chi connectivity index (χ4v) is 2.92. The molecule has 0 bridgehead atoms. The highest BCUT2D eigenvalue weighted by Gasteiger charge is 2.16. The van der Waals surface area contributed by atoms with Crippen molar-refractivity contribution < 1.29 is 23.8 Å². The maximum atomic E-state index is 12.2. The first-order valence-electron chi connectivity index (χ1n) is 8.93. The summed E-state index contributed by atoms with van der Waals surface area (Å²) in [7, 11) is 4.66. The van der Waals surface area contributed by atoms with Crippen LogP contribution in [-0.4, -0.2) is 39.7 Å². The molecule has 2 aromatic carbocycles. The Hall–Kier alpha value is -3.22. The van der Waals surface area contributed by atoms with Crippen LogP contribution in [0.2, 0.25) is 0 Å². The van der Waals surface area contributed by atoms with Gasteiger partial charge in [-0.3, -0.25) is 9.59 Å². The lowest BCUT2D eigenvalue weighted by Crippen LogP contribution is -2.26. The summed E-state index contributed by atoms with van der Waals surface area (Å²) in [4.78, 5) is 23.4. The van der Waals surface area contributed by atoms with Crippen molar-refractivity contribution in [2.45, 2.75) is 19.3 Å². The van der Waals surface area contributed by atoms with E-state index >= 15 is 0 Å². The fourth-order valence-electron chi connectivity index (χ4n) is 2.92. The Labute approximate surface area is 164 Å². The van der Waals surface area contributed by atoms with Crippen LogP contribution in [0, 0.1) is 0 Å². The Morgan fingerprint density at radius 3 is 2.36 bits per heavy atom.